The van der Waals surface area contributed by atoms with E-state index in [0.29, 0.717) is 18.4 Å². The lowest BCUT2D eigenvalue weighted by Crippen LogP contribution is -2.39. The smallest absolute Gasteiger partial charge is 0.223 e. The van der Waals surface area contributed by atoms with Crippen LogP contribution in [0.15, 0.2) is 0 Å². The van der Waals surface area contributed by atoms with Crippen LogP contribution in [0.1, 0.15) is 39.5 Å². The summed E-state index contributed by atoms with van der Waals surface area (Å²) in [5, 5.41) is 9.13. The van der Waals surface area contributed by atoms with E-state index in [-0.39, 0.29) is 18.4 Å². The van der Waals surface area contributed by atoms with Gasteiger partial charge in [0.1, 0.15) is 0 Å². The number of hydrogen-bond donors (Lipinski definition) is 1. The molecule has 0 spiro atoms. The molecule has 0 bridgehead atoms. The molecule has 0 aromatic rings. The summed E-state index contributed by atoms with van der Waals surface area (Å²) in [4.78, 5) is 13.9. The highest BCUT2D eigenvalue weighted by Crippen LogP contribution is 2.39. The topological polar surface area (TPSA) is 40.5 Å². The second-order valence-corrected chi connectivity index (χ2v) is 5.47. The van der Waals surface area contributed by atoms with E-state index in [9.17, 15) is 4.79 Å². The number of likely N-dealkylation sites (tertiary alicyclic amines) is 1. The van der Waals surface area contributed by atoms with E-state index in [1.165, 1.54) is 12.8 Å². The van der Waals surface area contributed by atoms with Gasteiger partial charge in [-0.2, -0.15) is 0 Å². The summed E-state index contributed by atoms with van der Waals surface area (Å²) in [6, 6.07) is 0.439. The Morgan fingerprint density at radius 1 is 1.44 bits per heavy atom. The first-order valence-electron chi connectivity index (χ1n) is 6.57. The van der Waals surface area contributed by atoms with E-state index in [1.54, 1.807) is 0 Å². The fraction of sp³-hybridized carbons (Fsp3) is 0.923. The molecule has 92 valence electrons. The summed E-state index contributed by atoms with van der Waals surface area (Å²) in [6.45, 7) is 5.46. The summed E-state index contributed by atoms with van der Waals surface area (Å²) in [5.74, 6) is 1.85. The van der Waals surface area contributed by atoms with Crippen molar-refractivity contribution in [1.82, 2.24) is 4.90 Å². The summed E-state index contributed by atoms with van der Waals surface area (Å²) in [7, 11) is 0. The molecular formula is C13H23NO2. The van der Waals surface area contributed by atoms with Gasteiger partial charge < -0.3 is 10.0 Å². The van der Waals surface area contributed by atoms with Gasteiger partial charge in [-0.15, -0.1) is 0 Å². The fourth-order valence-corrected chi connectivity index (χ4v) is 3.49. The molecule has 1 aliphatic heterocycles. The van der Waals surface area contributed by atoms with Crippen LogP contribution in [0.2, 0.25) is 0 Å². The molecule has 4 unspecified atom stereocenters. The van der Waals surface area contributed by atoms with E-state index < -0.39 is 0 Å². The van der Waals surface area contributed by atoms with Crippen LogP contribution in [0.5, 0.6) is 0 Å². The van der Waals surface area contributed by atoms with E-state index in [0.717, 1.165) is 18.9 Å². The number of amides is 1. The first-order chi connectivity index (χ1) is 7.67. The van der Waals surface area contributed by atoms with Crippen LogP contribution in [-0.2, 0) is 4.79 Å². The molecule has 1 aliphatic carbocycles. The quantitative estimate of drug-likeness (QED) is 0.793. The van der Waals surface area contributed by atoms with E-state index in [1.807, 2.05) is 4.90 Å². The Kier molecular flexibility index (Phi) is 3.53. The van der Waals surface area contributed by atoms with Crippen molar-refractivity contribution in [2.45, 2.75) is 45.6 Å². The second kappa shape index (κ2) is 4.74. The number of carbonyl (C=O) groups excluding carboxylic acids is 1. The van der Waals surface area contributed by atoms with Crippen LogP contribution in [0, 0.1) is 17.8 Å². The van der Waals surface area contributed by atoms with Crippen molar-refractivity contribution < 1.29 is 9.90 Å². The van der Waals surface area contributed by atoms with Crippen LogP contribution < -0.4 is 0 Å². The van der Waals surface area contributed by atoms with Gasteiger partial charge in [0.2, 0.25) is 5.91 Å². The molecule has 4 atom stereocenters. The minimum absolute atomic E-state index is 0.153. The van der Waals surface area contributed by atoms with E-state index >= 15 is 0 Å². The normalized spacial score (nSPS) is 39.7. The molecule has 1 heterocycles. The van der Waals surface area contributed by atoms with Gasteiger partial charge in [-0.25, -0.2) is 0 Å². The molecule has 1 N–H and O–H groups in total. The van der Waals surface area contributed by atoms with Crippen LogP contribution in [0.25, 0.3) is 0 Å². The number of hydrogen-bond acceptors (Lipinski definition) is 2. The lowest BCUT2D eigenvalue weighted by molar-refractivity contribution is -0.130. The first kappa shape index (κ1) is 11.9. The van der Waals surface area contributed by atoms with Gasteiger partial charge in [0.05, 0.1) is 0 Å². The number of aliphatic hydroxyl groups is 1. The minimum Gasteiger partial charge on any atom is -0.396 e. The molecule has 2 aliphatic rings. The van der Waals surface area contributed by atoms with E-state index in [4.69, 9.17) is 5.11 Å². The van der Waals surface area contributed by atoms with E-state index in [2.05, 4.69) is 13.8 Å². The zero-order valence-electron chi connectivity index (χ0n) is 10.4. The van der Waals surface area contributed by atoms with Gasteiger partial charge >= 0.3 is 0 Å². The average Bonchev–Trinajstić information content (AvgIpc) is 2.81. The molecule has 3 nitrogen and oxygen atoms in total. The summed E-state index contributed by atoms with van der Waals surface area (Å²) >= 11 is 0. The second-order valence-electron chi connectivity index (χ2n) is 5.47. The van der Waals surface area contributed by atoms with Gasteiger partial charge in [-0.1, -0.05) is 20.3 Å². The summed E-state index contributed by atoms with van der Waals surface area (Å²) in [6.07, 6.45) is 4.19. The zero-order valence-corrected chi connectivity index (χ0v) is 10.4. The molecule has 3 heteroatoms. The molecule has 16 heavy (non-hydrogen) atoms. The standard InChI is InChI=1S/C13H23NO2/c1-3-11-4-5-12(9(11)2)14-7-10(8-15)6-13(14)16/h9-12,15H,3-8H2,1-2H3. The highest BCUT2D eigenvalue weighted by Gasteiger charge is 2.41. The molecule has 0 aromatic carbocycles. The fourth-order valence-electron chi connectivity index (χ4n) is 3.49. The Morgan fingerprint density at radius 3 is 2.69 bits per heavy atom. The maximum atomic E-state index is 11.9. The SMILES string of the molecule is CCC1CCC(N2CC(CO)CC2=O)C1C. The number of rotatable bonds is 3. The first-order valence-corrected chi connectivity index (χ1v) is 6.57. The monoisotopic (exact) mass is 225 g/mol. The minimum atomic E-state index is 0.153. The van der Waals surface area contributed by atoms with Gasteiger partial charge in [-0.3, -0.25) is 4.79 Å². The highest BCUT2D eigenvalue weighted by atomic mass is 16.3. The lowest BCUT2D eigenvalue weighted by atomic mass is 9.93. The highest BCUT2D eigenvalue weighted by molar-refractivity contribution is 5.79. The van der Waals surface area contributed by atoms with Crippen molar-refractivity contribution >= 4 is 5.91 Å². The van der Waals surface area contributed by atoms with Gasteiger partial charge in [0, 0.05) is 31.5 Å². The van der Waals surface area contributed by atoms with Crippen molar-refractivity contribution in [3.63, 3.8) is 0 Å². The predicted octanol–water partition coefficient (Wildman–Crippen LogP) is 1.65. The Hall–Kier alpha value is -0.570. The van der Waals surface area contributed by atoms with Gasteiger partial charge in [0.15, 0.2) is 0 Å². The Morgan fingerprint density at radius 2 is 2.19 bits per heavy atom. The lowest BCUT2D eigenvalue weighted by Gasteiger charge is -2.29. The molecule has 1 amide bonds. The van der Waals surface area contributed by atoms with Crippen LogP contribution >= 0.6 is 0 Å². The van der Waals surface area contributed by atoms with Crippen molar-refractivity contribution in [1.29, 1.82) is 0 Å². The molecule has 0 aromatic heterocycles. The molecular weight excluding hydrogens is 202 g/mol. The third kappa shape index (κ3) is 1.97. The number of aliphatic hydroxyl groups excluding tert-OH is 1. The molecule has 1 saturated carbocycles. The van der Waals surface area contributed by atoms with Crippen molar-refractivity contribution in [2.75, 3.05) is 13.2 Å². The van der Waals surface area contributed by atoms with Crippen LogP contribution in [0.4, 0.5) is 0 Å². The Balaban J connectivity index is 2.01. The number of nitrogens with zero attached hydrogens (tertiary/aromatic N) is 1. The summed E-state index contributed by atoms with van der Waals surface area (Å²) in [5.41, 5.74) is 0. The average molecular weight is 225 g/mol. The maximum absolute atomic E-state index is 11.9. The van der Waals surface area contributed by atoms with Crippen molar-refractivity contribution in [2.24, 2.45) is 17.8 Å². The Labute approximate surface area is 97.8 Å². The maximum Gasteiger partial charge on any atom is 0.223 e. The predicted molar refractivity (Wildman–Crippen MR) is 62.9 cm³/mol. The van der Waals surface area contributed by atoms with Crippen molar-refractivity contribution in [3.8, 4) is 0 Å². The van der Waals surface area contributed by atoms with Crippen molar-refractivity contribution in [3.05, 3.63) is 0 Å². The number of carbonyl (C=O) groups is 1. The molecule has 2 fully saturated rings. The van der Waals surface area contributed by atoms with Crippen LogP contribution in [0.3, 0.4) is 0 Å². The van der Waals surface area contributed by atoms with Gasteiger partial charge in [-0.05, 0) is 24.7 Å². The summed E-state index contributed by atoms with van der Waals surface area (Å²) < 4.78 is 0. The van der Waals surface area contributed by atoms with Gasteiger partial charge in [0.25, 0.3) is 0 Å². The molecule has 0 radical (unpaired) electrons. The zero-order chi connectivity index (χ0) is 11.7. The third-order valence-corrected chi connectivity index (χ3v) is 4.61. The molecule has 1 saturated heterocycles. The largest absolute Gasteiger partial charge is 0.396 e. The Bertz CT molecular complexity index is 267. The third-order valence-electron chi connectivity index (χ3n) is 4.61. The molecule has 2 rings (SSSR count). The van der Waals surface area contributed by atoms with Crippen LogP contribution in [-0.4, -0.2) is 35.1 Å².